The van der Waals surface area contributed by atoms with Gasteiger partial charge in [-0.05, 0) is 34.5 Å². The highest BCUT2D eigenvalue weighted by molar-refractivity contribution is 9.10. The molecule has 0 bridgehead atoms. The zero-order valence-electron chi connectivity index (χ0n) is 10.7. The van der Waals surface area contributed by atoms with Crippen molar-refractivity contribution in [2.45, 2.75) is 6.92 Å². The fourth-order valence-electron chi connectivity index (χ4n) is 1.95. The predicted molar refractivity (Wildman–Crippen MR) is 80.1 cm³/mol. The number of anilines is 1. The number of ether oxygens (including phenoxy) is 1. The van der Waals surface area contributed by atoms with Crippen LogP contribution in [0, 0.1) is 6.92 Å². The van der Waals surface area contributed by atoms with Crippen LogP contribution in [0.3, 0.4) is 0 Å². The van der Waals surface area contributed by atoms with Crippen molar-refractivity contribution in [1.29, 1.82) is 0 Å². The van der Waals surface area contributed by atoms with Crippen LogP contribution in [0.4, 0.5) is 5.69 Å². The van der Waals surface area contributed by atoms with Crippen LogP contribution in [0.1, 0.15) is 15.9 Å². The summed E-state index contributed by atoms with van der Waals surface area (Å²) in [6, 6.07) is 1.90. The van der Waals surface area contributed by atoms with Crippen molar-refractivity contribution in [3.63, 3.8) is 0 Å². The molecule has 0 aliphatic carbocycles. The number of hydrogen-bond donors (Lipinski definition) is 1. The summed E-state index contributed by atoms with van der Waals surface area (Å²) in [4.78, 5) is 16.0. The number of fused-ring (bicyclic) bond motifs is 1. The highest BCUT2D eigenvalue weighted by Crippen LogP contribution is 2.38. The number of hydrogen-bond acceptors (Lipinski definition) is 4. The van der Waals surface area contributed by atoms with Gasteiger partial charge in [-0.15, -0.1) is 0 Å². The van der Waals surface area contributed by atoms with Gasteiger partial charge in [0.15, 0.2) is 0 Å². The average Bonchev–Trinajstić information content (AvgIpc) is 2.42. The van der Waals surface area contributed by atoms with Gasteiger partial charge in [0, 0.05) is 23.1 Å². The molecule has 1 heterocycles. The van der Waals surface area contributed by atoms with Gasteiger partial charge >= 0.3 is 5.97 Å². The van der Waals surface area contributed by atoms with E-state index in [1.54, 1.807) is 7.05 Å². The van der Waals surface area contributed by atoms with Gasteiger partial charge in [-0.25, -0.2) is 4.79 Å². The predicted octanol–water partition coefficient (Wildman–Crippen LogP) is 3.79. The van der Waals surface area contributed by atoms with E-state index in [0.29, 0.717) is 27.2 Å². The van der Waals surface area contributed by atoms with Crippen LogP contribution in [0.25, 0.3) is 10.9 Å². The number of aromatic nitrogens is 1. The van der Waals surface area contributed by atoms with Crippen molar-refractivity contribution < 1.29 is 9.53 Å². The first-order chi connectivity index (χ1) is 9.01. The number of aryl methyl sites for hydroxylation is 1. The number of halogens is 2. The van der Waals surface area contributed by atoms with Gasteiger partial charge in [-0.1, -0.05) is 11.6 Å². The molecule has 6 heteroatoms. The molecule has 0 aliphatic rings. The summed E-state index contributed by atoms with van der Waals surface area (Å²) in [5.74, 6) is -0.451. The van der Waals surface area contributed by atoms with Gasteiger partial charge in [0.25, 0.3) is 0 Å². The molecule has 0 spiro atoms. The Morgan fingerprint density at radius 2 is 2.21 bits per heavy atom. The normalized spacial score (nSPS) is 10.6. The molecular weight excluding hydrogens is 332 g/mol. The number of pyridine rings is 1. The summed E-state index contributed by atoms with van der Waals surface area (Å²) in [7, 11) is 3.06. The lowest BCUT2D eigenvalue weighted by atomic mass is 10.1. The van der Waals surface area contributed by atoms with Gasteiger partial charge in [-0.2, -0.15) is 0 Å². The standard InChI is InChI=1S/C13H12BrClN2O2/c1-6-4-8(14)12-9(10(6)15)11(16-2)7(5-17-12)13(18)19-3/h4-5H,1-3H3,(H,16,17). The van der Waals surface area contributed by atoms with E-state index in [-0.39, 0.29) is 0 Å². The van der Waals surface area contributed by atoms with E-state index >= 15 is 0 Å². The van der Waals surface area contributed by atoms with E-state index in [0.717, 1.165) is 10.0 Å². The maximum absolute atomic E-state index is 11.8. The van der Waals surface area contributed by atoms with Gasteiger partial charge < -0.3 is 10.1 Å². The molecule has 19 heavy (non-hydrogen) atoms. The van der Waals surface area contributed by atoms with Gasteiger partial charge in [0.1, 0.15) is 5.56 Å². The summed E-state index contributed by atoms with van der Waals surface area (Å²) in [5, 5.41) is 4.28. The van der Waals surface area contributed by atoms with Crippen molar-refractivity contribution in [3.05, 3.63) is 32.9 Å². The lowest BCUT2D eigenvalue weighted by Crippen LogP contribution is -2.07. The topological polar surface area (TPSA) is 51.2 Å². The minimum atomic E-state index is -0.451. The molecule has 0 radical (unpaired) electrons. The molecule has 100 valence electrons. The molecule has 2 aromatic rings. The molecule has 4 nitrogen and oxygen atoms in total. The Labute approximate surface area is 124 Å². The first-order valence-corrected chi connectivity index (χ1v) is 6.71. The van der Waals surface area contributed by atoms with Crippen LogP contribution in [-0.4, -0.2) is 25.1 Å². The molecule has 0 fully saturated rings. The Balaban J connectivity index is 2.93. The van der Waals surface area contributed by atoms with E-state index in [9.17, 15) is 4.79 Å². The van der Waals surface area contributed by atoms with Gasteiger partial charge in [0.05, 0.1) is 23.3 Å². The van der Waals surface area contributed by atoms with Crippen molar-refractivity contribution >= 4 is 50.1 Å². The second kappa shape index (κ2) is 5.35. The van der Waals surface area contributed by atoms with Crippen LogP contribution in [-0.2, 0) is 4.74 Å². The summed E-state index contributed by atoms with van der Waals surface area (Å²) in [6.45, 7) is 1.90. The Bertz CT molecular complexity index is 673. The number of carbonyl (C=O) groups excluding carboxylic acids is 1. The molecule has 1 aromatic carbocycles. The number of nitrogens with zero attached hydrogens (tertiary/aromatic N) is 1. The summed E-state index contributed by atoms with van der Waals surface area (Å²) >= 11 is 9.81. The van der Waals surface area contributed by atoms with Crippen LogP contribution in [0.5, 0.6) is 0 Å². The number of rotatable bonds is 2. The molecule has 1 N–H and O–H groups in total. The van der Waals surface area contributed by atoms with Crippen LogP contribution < -0.4 is 5.32 Å². The Kier molecular flexibility index (Phi) is 3.96. The fourth-order valence-corrected chi connectivity index (χ4v) is 2.83. The Morgan fingerprint density at radius 3 is 2.79 bits per heavy atom. The molecule has 0 aliphatic heterocycles. The van der Waals surface area contributed by atoms with Crippen LogP contribution in [0.15, 0.2) is 16.7 Å². The largest absolute Gasteiger partial charge is 0.465 e. The molecule has 2 rings (SSSR count). The van der Waals surface area contributed by atoms with Gasteiger partial charge in [0.2, 0.25) is 0 Å². The van der Waals surface area contributed by atoms with E-state index in [2.05, 4.69) is 26.2 Å². The summed E-state index contributed by atoms with van der Waals surface area (Å²) in [6.07, 6.45) is 1.48. The minimum Gasteiger partial charge on any atom is -0.465 e. The number of benzene rings is 1. The first kappa shape index (κ1) is 14.1. The second-order valence-corrected chi connectivity index (χ2v) is 5.23. The Morgan fingerprint density at radius 1 is 1.53 bits per heavy atom. The minimum absolute atomic E-state index is 0.358. The maximum Gasteiger partial charge on any atom is 0.341 e. The van der Waals surface area contributed by atoms with Crippen molar-refractivity contribution in [2.75, 3.05) is 19.5 Å². The third kappa shape index (κ3) is 2.28. The molecule has 1 aromatic heterocycles. The van der Waals surface area contributed by atoms with E-state index in [4.69, 9.17) is 16.3 Å². The highest BCUT2D eigenvalue weighted by Gasteiger charge is 2.19. The lowest BCUT2D eigenvalue weighted by molar-refractivity contribution is 0.0601. The van der Waals surface area contributed by atoms with Crippen molar-refractivity contribution in [3.8, 4) is 0 Å². The zero-order valence-corrected chi connectivity index (χ0v) is 13.0. The Hall–Kier alpha value is -1.33. The van der Waals surface area contributed by atoms with Crippen LogP contribution >= 0.6 is 27.5 Å². The smallest absolute Gasteiger partial charge is 0.341 e. The maximum atomic E-state index is 11.8. The number of carbonyl (C=O) groups is 1. The molecule has 0 saturated heterocycles. The van der Waals surface area contributed by atoms with Crippen molar-refractivity contribution in [1.82, 2.24) is 4.98 Å². The number of methoxy groups -OCH3 is 1. The van der Waals surface area contributed by atoms with Crippen molar-refractivity contribution in [2.24, 2.45) is 0 Å². The molecule has 0 unspecified atom stereocenters. The average molecular weight is 344 g/mol. The summed E-state index contributed by atoms with van der Waals surface area (Å²) in [5.41, 5.74) is 2.58. The van der Waals surface area contributed by atoms with E-state index in [1.165, 1.54) is 13.3 Å². The first-order valence-electron chi connectivity index (χ1n) is 5.54. The highest BCUT2D eigenvalue weighted by atomic mass is 79.9. The monoisotopic (exact) mass is 342 g/mol. The SMILES string of the molecule is CNc1c(C(=O)OC)cnc2c(Br)cc(C)c(Cl)c12. The molecule has 0 saturated carbocycles. The van der Waals surface area contributed by atoms with Crippen LogP contribution in [0.2, 0.25) is 5.02 Å². The lowest BCUT2D eigenvalue weighted by Gasteiger charge is -2.14. The quantitative estimate of drug-likeness (QED) is 0.843. The summed E-state index contributed by atoms with van der Waals surface area (Å²) < 4.78 is 5.59. The third-order valence-electron chi connectivity index (χ3n) is 2.87. The molecule has 0 atom stereocenters. The second-order valence-electron chi connectivity index (χ2n) is 4.00. The molecular formula is C13H12BrClN2O2. The fraction of sp³-hybridized carbons (Fsp3) is 0.231. The zero-order chi connectivity index (χ0) is 14.2. The molecule has 0 amide bonds. The third-order valence-corrected chi connectivity index (χ3v) is 3.96. The van der Waals surface area contributed by atoms with Gasteiger partial charge in [-0.3, -0.25) is 4.98 Å². The number of nitrogens with one attached hydrogen (secondary N) is 1. The number of esters is 1. The van der Waals surface area contributed by atoms with E-state index in [1.807, 2.05) is 13.0 Å². The van der Waals surface area contributed by atoms with E-state index < -0.39 is 5.97 Å².